The van der Waals surface area contributed by atoms with Crippen molar-refractivity contribution in [2.24, 2.45) is 0 Å². The molecule has 2 rings (SSSR count). The number of hydrogen-bond donors (Lipinski definition) is 2. The van der Waals surface area contributed by atoms with E-state index in [1.165, 1.54) is 0 Å². The van der Waals surface area contributed by atoms with Crippen LogP contribution in [0.25, 0.3) is 16.5 Å². The average molecular weight is 201 g/mol. The van der Waals surface area contributed by atoms with Crippen molar-refractivity contribution in [3.8, 4) is 5.75 Å². The van der Waals surface area contributed by atoms with Crippen LogP contribution in [0.3, 0.4) is 0 Å². The number of rotatable bonds is 2. The minimum atomic E-state index is 0.199. The molecule has 1 aromatic carbocycles. The van der Waals surface area contributed by atoms with Gasteiger partial charge in [0.1, 0.15) is 12.0 Å². The second-order valence-corrected chi connectivity index (χ2v) is 3.29. The molecular formula is C12H11NO2. The first-order valence-corrected chi connectivity index (χ1v) is 4.68. The molecule has 0 radical (unpaired) electrons. The highest BCUT2D eigenvalue weighted by atomic mass is 16.3. The molecule has 0 unspecified atom stereocenters. The van der Waals surface area contributed by atoms with Gasteiger partial charge in [-0.2, -0.15) is 0 Å². The van der Waals surface area contributed by atoms with E-state index in [1.807, 2.05) is 6.92 Å². The lowest BCUT2D eigenvalue weighted by Gasteiger charge is -1.97. The number of carbonyl (C=O) groups excluding carboxylic acids is 1. The van der Waals surface area contributed by atoms with E-state index in [0.29, 0.717) is 5.57 Å². The van der Waals surface area contributed by atoms with E-state index < -0.39 is 0 Å². The zero-order valence-electron chi connectivity index (χ0n) is 8.32. The fourth-order valence-electron chi connectivity index (χ4n) is 1.63. The van der Waals surface area contributed by atoms with Gasteiger partial charge in [0.05, 0.1) is 0 Å². The van der Waals surface area contributed by atoms with Crippen molar-refractivity contribution >= 4 is 22.8 Å². The van der Waals surface area contributed by atoms with E-state index in [-0.39, 0.29) is 5.75 Å². The first-order chi connectivity index (χ1) is 7.26. The maximum Gasteiger partial charge on any atom is 0.150 e. The highest BCUT2D eigenvalue weighted by Crippen LogP contribution is 2.26. The van der Waals surface area contributed by atoms with Gasteiger partial charge in [0.2, 0.25) is 0 Å². The number of hydrogen-bond acceptors (Lipinski definition) is 2. The number of benzene rings is 1. The van der Waals surface area contributed by atoms with E-state index in [1.54, 1.807) is 30.5 Å². The zero-order valence-corrected chi connectivity index (χ0v) is 8.32. The van der Waals surface area contributed by atoms with Crippen LogP contribution >= 0.6 is 0 Å². The number of fused-ring (bicyclic) bond motifs is 1. The summed E-state index contributed by atoms with van der Waals surface area (Å²) in [5, 5.41) is 10.2. The third kappa shape index (κ3) is 1.52. The van der Waals surface area contributed by atoms with E-state index in [4.69, 9.17) is 0 Å². The zero-order chi connectivity index (χ0) is 10.8. The van der Waals surface area contributed by atoms with Crippen molar-refractivity contribution in [3.63, 3.8) is 0 Å². The summed E-state index contributed by atoms with van der Waals surface area (Å²) in [5.41, 5.74) is 2.34. The summed E-state index contributed by atoms with van der Waals surface area (Å²) >= 11 is 0. The van der Waals surface area contributed by atoms with Crippen LogP contribution < -0.4 is 0 Å². The van der Waals surface area contributed by atoms with E-state index in [2.05, 4.69) is 4.98 Å². The Morgan fingerprint density at radius 3 is 2.93 bits per heavy atom. The Morgan fingerprint density at radius 2 is 2.27 bits per heavy atom. The van der Waals surface area contributed by atoms with E-state index in [0.717, 1.165) is 22.8 Å². The quantitative estimate of drug-likeness (QED) is 0.579. The second-order valence-electron chi connectivity index (χ2n) is 3.29. The Hall–Kier alpha value is -2.03. The van der Waals surface area contributed by atoms with Gasteiger partial charge in [-0.15, -0.1) is 0 Å². The molecule has 0 amide bonds. The van der Waals surface area contributed by atoms with Crippen LogP contribution in [0.4, 0.5) is 0 Å². The minimum absolute atomic E-state index is 0.199. The Bertz CT molecular complexity index is 538. The first-order valence-electron chi connectivity index (χ1n) is 4.68. The number of phenols is 1. The highest BCUT2D eigenvalue weighted by molar-refractivity contribution is 6.12. The number of allylic oxidation sites excluding steroid dienone is 2. The van der Waals surface area contributed by atoms with Crippen LogP contribution in [-0.4, -0.2) is 16.4 Å². The third-order valence-corrected chi connectivity index (χ3v) is 2.41. The molecule has 1 aromatic heterocycles. The highest BCUT2D eigenvalue weighted by Gasteiger charge is 2.07. The molecule has 15 heavy (non-hydrogen) atoms. The van der Waals surface area contributed by atoms with Crippen LogP contribution in [0.5, 0.6) is 5.75 Å². The average Bonchev–Trinajstić information content (AvgIpc) is 2.64. The van der Waals surface area contributed by atoms with Gasteiger partial charge >= 0.3 is 0 Å². The van der Waals surface area contributed by atoms with Gasteiger partial charge in [-0.25, -0.2) is 0 Å². The van der Waals surface area contributed by atoms with Crippen LogP contribution in [0.2, 0.25) is 0 Å². The van der Waals surface area contributed by atoms with Gasteiger partial charge in [0.25, 0.3) is 0 Å². The van der Waals surface area contributed by atoms with Crippen LogP contribution in [0.15, 0.2) is 30.5 Å². The minimum Gasteiger partial charge on any atom is -0.508 e. The summed E-state index contributed by atoms with van der Waals surface area (Å²) < 4.78 is 0. The summed E-state index contributed by atoms with van der Waals surface area (Å²) in [6.45, 7) is 1.81. The van der Waals surface area contributed by atoms with Crippen molar-refractivity contribution in [2.45, 2.75) is 6.92 Å². The van der Waals surface area contributed by atoms with Gasteiger partial charge in [-0.05, 0) is 25.1 Å². The number of aromatic amines is 1. The fraction of sp³-hybridized carbons (Fsp3) is 0.0833. The van der Waals surface area contributed by atoms with Crippen LogP contribution in [0, 0.1) is 0 Å². The second kappa shape index (κ2) is 3.61. The normalized spacial score (nSPS) is 11.9. The lowest BCUT2D eigenvalue weighted by Crippen LogP contribution is -1.82. The predicted octanol–water partition coefficient (Wildman–Crippen LogP) is 2.48. The number of aromatic nitrogens is 1. The standard InChI is InChI=1S/C12H11NO2/c1-2-8(7-14)11-6-13-12-4-3-9(15)5-10(11)12/h2-7,13,15H,1H3/b8-2-. The Labute approximate surface area is 87.0 Å². The van der Waals surface area contributed by atoms with Crippen molar-refractivity contribution in [1.82, 2.24) is 4.98 Å². The molecule has 0 saturated carbocycles. The Balaban J connectivity index is 2.71. The van der Waals surface area contributed by atoms with Gasteiger partial charge in [-0.1, -0.05) is 6.08 Å². The number of phenolic OH excluding ortho intramolecular Hbond substituents is 1. The molecular weight excluding hydrogens is 190 g/mol. The van der Waals surface area contributed by atoms with Gasteiger partial charge in [0, 0.05) is 28.2 Å². The van der Waals surface area contributed by atoms with Crippen molar-refractivity contribution < 1.29 is 9.90 Å². The molecule has 76 valence electrons. The molecule has 0 saturated heterocycles. The molecule has 0 bridgehead atoms. The summed E-state index contributed by atoms with van der Waals surface area (Å²) in [5.74, 6) is 0.199. The molecule has 0 atom stereocenters. The van der Waals surface area contributed by atoms with E-state index in [9.17, 15) is 9.90 Å². The summed E-state index contributed by atoms with van der Waals surface area (Å²) in [6.07, 6.45) is 4.33. The summed E-state index contributed by atoms with van der Waals surface area (Å²) in [7, 11) is 0. The molecule has 1 heterocycles. The lowest BCUT2D eigenvalue weighted by molar-refractivity contribution is -0.103. The number of aromatic hydroxyl groups is 1. The van der Waals surface area contributed by atoms with Gasteiger partial charge < -0.3 is 10.1 Å². The van der Waals surface area contributed by atoms with Crippen molar-refractivity contribution in [2.75, 3.05) is 0 Å². The molecule has 0 fully saturated rings. The smallest absolute Gasteiger partial charge is 0.150 e. The fourth-order valence-corrected chi connectivity index (χ4v) is 1.63. The molecule has 3 heteroatoms. The van der Waals surface area contributed by atoms with E-state index >= 15 is 0 Å². The Kier molecular flexibility index (Phi) is 2.29. The number of nitrogens with one attached hydrogen (secondary N) is 1. The SMILES string of the molecule is C/C=C(/C=O)c1c[nH]c2ccc(O)cc12. The Morgan fingerprint density at radius 1 is 1.47 bits per heavy atom. The van der Waals surface area contributed by atoms with Crippen LogP contribution in [0.1, 0.15) is 12.5 Å². The number of carbonyl (C=O) groups is 1. The maximum absolute atomic E-state index is 10.8. The van der Waals surface area contributed by atoms with Crippen molar-refractivity contribution in [1.29, 1.82) is 0 Å². The van der Waals surface area contributed by atoms with Gasteiger partial charge in [0.15, 0.2) is 0 Å². The van der Waals surface area contributed by atoms with Gasteiger partial charge in [-0.3, -0.25) is 4.79 Å². The number of aldehydes is 1. The summed E-state index contributed by atoms with van der Waals surface area (Å²) in [4.78, 5) is 13.9. The van der Waals surface area contributed by atoms with Crippen molar-refractivity contribution in [3.05, 3.63) is 36.0 Å². The molecule has 2 N–H and O–H groups in total. The third-order valence-electron chi connectivity index (χ3n) is 2.41. The molecule has 0 aliphatic carbocycles. The largest absolute Gasteiger partial charge is 0.508 e. The maximum atomic E-state index is 10.8. The molecule has 0 spiro atoms. The molecule has 0 aliphatic heterocycles. The first kappa shape index (κ1) is 9.52. The lowest BCUT2D eigenvalue weighted by atomic mass is 10.1. The summed E-state index contributed by atoms with van der Waals surface area (Å²) in [6, 6.07) is 5.04. The predicted molar refractivity (Wildman–Crippen MR) is 59.7 cm³/mol. The molecule has 3 nitrogen and oxygen atoms in total. The topological polar surface area (TPSA) is 53.1 Å². The molecule has 0 aliphatic rings. The number of H-pyrrole nitrogens is 1. The molecule has 2 aromatic rings. The van der Waals surface area contributed by atoms with Crippen LogP contribution in [-0.2, 0) is 4.79 Å². The monoisotopic (exact) mass is 201 g/mol.